The first kappa shape index (κ1) is 15.1. The van der Waals surface area contributed by atoms with Gasteiger partial charge in [0.15, 0.2) is 5.82 Å². The minimum Gasteiger partial charge on any atom is -0.305 e. The lowest BCUT2D eigenvalue weighted by Gasteiger charge is -2.18. The Morgan fingerprint density at radius 1 is 1.29 bits per heavy atom. The zero-order valence-corrected chi connectivity index (χ0v) is 14.3. The van der Waals surface area contributed by atoms with Gasteiger partial charge in [-0.2, -0.15) is 5.10 Å². The van der Waals surface area contributed by atoms with Crippen molar-refractivity contribution in [3.8, 4) is 5.69 Å². The maximum Gasteiger partial charge on any atom is 0.257 e. The number of nitrogens with zero attached hydrogens (tertiary/aromatic N) is 2. The molecular weight excluding hydrogens is 318 g/mol. The van der Waals surface area contributed by atoms with Gasteiger partial charge in [0.1, 0.15) is 0 Å². The first-order valence-corrected chi connectivity index (χ1v) is 9.10. The largest absolute Gasteiger partial charge is 0.305 e. The summed E-state index contributed by atoms with van der Waals surface area (Å²) < 4.78 is 1.76. The van der Waals surface area contributed by atoms with Crippen LogP contribution in [-0.4, -0.2) is 15.7 Å². The van der Waals surface area contributed by atoms with Gasteiger partial charge >= 0.3 is 0 Å². The van der Waals surface area contributed by atoms with E-state index in [-0.39, 0.29) is 5.91 Å². The number of amides is 1. The number of hydrogen-bond donors (Lipinski definition) is 1. The average Bonchev–Trinajstić information content (AvgIpc) is 3.22. The standard InChI is InChI=1S/C19H19N3OS/c1-13-7-8-15-16(12-24-17(15)11-13)19(23)20-18-9-10-22(21-18)14-5-3-2-4-6-14/h2-6,9-10,12-13H,7-8,11H2,1H3,(H,20,21,23). The Morgan fingerprint density at radius 2 is 2.12 bits per heavy atom. The zero-order valence-electron chi connectivity index (χ0n) is 13.5. The van der Waals surface area contributed by atoms with E-state index in [1.807, 2.05) is 48.0 Å². The molecule has 1 aliphatic carbocycles. The van der Waals surface area contributed by atoms with Gasteiger partial charge < -0.3 is 5.32 Å². The molecule has 1 N–H and O–H groups in total. The summed E-state index contributed by atoms with van der Waals surface area (Å²) in [5.41, 5.74) is 3.02. The maximum absolute atomic E-state index is 12.6. The van der Waals surface area contributed by atoms with E-state index in [1.54, 1.807) is 16.0 Å². The van der Waals surface area contributed by atoms with Crippen LogP contribution in [0.2, 0.25) is 0 Å². The number of nitrogens with one attached hydrogen (secondary N) is 1. The Hall–Kier alpha value is -2.40. The number of hydrogen-bond acceptors (Lipinski definition) is 3. The lowest BCUT2D eigenvalue weighted by Crippen LogP contribution is -2.16. The summed E-state index contributed by atoms with van der Waals surface area (Å²) >= 11 is 1.71. The number of carbonyl (C=O) groups excluding carboxylic acids is 1. The lowest BCUT2D eigenvalue weighted by molar-refractivity contribution is 0.102. The van der Waals surface area contributed by atoms with Gasteiger partial charge in [-0.3, -0.25) is 4.79 Å². The highest BCUT2D eigenvalue weighted by Gasteiger charge is 2.23. The van der Waals surface area contributed by atoms with E-state index in [2.05, 4.69) is 17.3 Å². The zero-order chi connectivity index (χ0) is 16.5. The number of para-hydroxylation sites is 1. The van der Waals surface area contributed by atoms with Crippen LogP contribution in [0.25, 0.3) is 5.69 Å². The summed E-state index contributed by atoms with van der Waals surface area (Å²) in [6.07, 6.45) is 5.11. The van der Waals surface area contributed by atoms with Crippen LogP contribution >= 0.6 is 11.3 Å². The molecule has 0 saturated heterocycles. The molecule has 0 aliphatic heterocycles. The third kappa shape index (κ3) is 2.87. The molecule has 122 valence electrons. The topological polar surface area (TPSA) is 46.9 Å². The second-order valence-corrected chi connectivity index (χ2v) is 7.30. The van der Waals surface area contributed by atoms with Gasteiger partial charge in [0, 0.05) is 22.5 Å². The smallest absolute Gasteiger partial charge is 0.257 e. The quantitative estimate of drug-likeness (QED) is 0.774. The Labute approximate surface area is 145 Å². The molecule has 0 saturated carbocycles. The van der Waals surface area contributed by atoms with Crippen LogP contribution in [0.1, 0.15) is 34.1 Å². The Kier molecular flexibility index (Phi) is 3.94. The van der Waals surface area contributed by atoms with Crippen LogP contribution in [-0.2, 0) is 12.8 Å². The first-order chi connectivity index (χ1) is 11.7. The third-order valence-electron chi connectivity index (χ3n) is 4.50. The minimum atomic E-state index is -0.0552. The van der Waals surface area contributed by atoms with Crippen molar-refractivity contribution in [3.05, 3.63) is 64.0 Å². The molecule has 1 amide bonds. The second-order valence-electron chi connectivity index (χ2n) is 6.33. The summed E-state index contributed by atoms with van der Waals surface area (Å²) in [6, 6.07) is 11.7. The molecule has 0 fully saturated rings. The Balaban J connectivity index is 1.52. The van der Waals surface area contributed by atoms with Crippen molar-refractivity contribution in [2.75, 3.05) is 5.32 Å². The van der Waals surface area contributed by atoms with E-state index < -0.39 is 0 Å². The van der Waals surface area contributed by atoms with Gasteiger partial charge in [-0.25, -0.2) is 4.68 Å². The number of anilines is 1. The van der Waals surface area contributed by atoms with E-state index in [9.17, 15) is 4.79 Å². The molecular formula is C19H19N3OS. The SMILES string of the molecule is CC1CCc2c(C(=O)Nc3ccn(-c4ccccc4)n3)csc2C1. The normalized spacial score (nSPS) is 16.6. The summed E-state index contributed by atoms with van der Waals surface area (Å²) in [6.45, 7) is 2.28. The molecule has 4 rings (SSSR count). The monoisotopic (exact) mass is 337 g/mol. The van der Waals surface area contributed by atoms with Gasteiger partial charge in [-0.1, -0.05) is 25.1 Å². The van der Waals surface area contributed by atoms with Gasteiger partial charge in [0.2, 0.25) is 0 Å². The fraction of sp³-hybridized carbons (Fsp3) is 0.263. The van der Waals surface area contributed by atoms with Crippen molar-refractivity contribution in [2.24, 2.45) is 5.92 Å². The molecule has 0 radical (unpaired) electrons. The molecule has 24 heavy (non-hydrogen) atoms. The number of benzene rings is 1. The highest BCUT2D eigenvalue weighted by molar-refractivity contribution is 7.10. The van der Waals surface area contributed by atoms with E-state index in [1.165, 1.54) is 10.4 Å². The molecule has 4 nitrogen and oxygen atoms in total. The van der Waals surface area contributed by atoms with Crippen LogP contribution in [0.15, 0.2) is 48.0 Å². The minimum absolute atomic E-state index is 0.0552. The first-order valence-electron chi connectivity index (χ1n) is 8.22. The van der Waals surface area contributed by atoms with E-state index in [0.717, 1.165) is 30.5 Å². The predicted molar refractivity (Wildman–Crippen MR) is 97.0 cm³/mol. The molecule has 0 bridgehead atoms. The van der Waals surface area contributed by atoms with Gasteiger partial charge in [0.05, 0.1) is 11.3 Å². The number of fused-ring (bicyclic) bond motifs is 1. The van der Waals surface area contributed by atoms with Crippen molar-refractivity contribution in [1.29, 1.82) is 0 Å². The molecule has 5 heteroatoms. The molecule has 1 atom stereocenters. The van der Waals surface area contributed by atoms with Crippen molar-refractivity contribution < 1.29 is 4.79 Å². The van der Waals surface area contributed by atoms with Crippen LogP contribution < -0.4 is 5.32 Å². The third-order valence-corrected chi connectivity index (χ3v) is 5.55. The number of aromatic nitrogens is 2. The molecule has 1 aromatic carbocycles. The molecule has 2 aromatic heterocycles. The molecule has 1 unspecified atom stereocenters. The van der Waals surface area contributed by atoms with Crippen molar-refractivity contribution >= 4 is 23.1 Å². The highest BCUT2D eigenvalue weighted by Crippen LogP contribution is 2.33. The van der Waals surface area contributed by atoms with E-state index in [4.69, 9.17) is 0 Å². The van der Waals surface area contributed by atoms with Crippen molar-refractivity contribution in [2.45, 2.75) is 26.2 Å². The maximum atomic E-state index is 12.6. The van der Waals surface area contributed by atoms with Crippen molar-refractivity contribution in [3.63, 3.8) is 0 Å². The van der Waals surface area contributed by atoms with Crippen LogP contribution in [0.3, 0.4) is 0 Å². The van der Waals surface area contributed by atoms with E-state index in [0.29, 0.717) is 11.7 Å². The fourth-order valence-corrected chi connectivity index (χ4v) is 4.41. The van der Waals surface area contributed by atoms with Gasteiger partial charge in [-0.05, 0) is 42.9 Å². The summed E-state index contributed by atoms with van der Waals surface area (Å²) in [7, 11) is 0. The Bertz CT molecular complexity index is 866. The van der Waals surface area contributed by atoms with Gasteiger partial charge in [0.25, 0.3) is 5.91 Å². The fourth-order valence-electron chi connectivity index (χ4n) is 3.17. The average molecular weight is 337 g/mol. The van der Waals surface area contributed by atoms with Gasteiger partial charge in [-0.15, -0.1) is 11.3 Å². The second kappa shape index (κ2) is 6.24. The summed E-state index contributed by atoms with van der Waals surface area (Å²) in [5, 5.41) is 9.37. The molecule has 2 heterocycles. The summed E-state index contributed by atoms with van der Waals surface area (Å²) in [5.74, 6) is 1.24. The molecule has 0 spiro atoms. The Morgan fingerprint density at radius 3 is 2.96 bits per heavy atom. The molecule has 3 aromatic rings. The number of thiophene rings is 1. The number of rotatable bonds is 3. The van der Waals surface area contributed by atoms with Crippen LogP contribution in [0, 0.1) is 5.92 Å². The lowest BCUT2D eigenvalue weighted by atomic mass is 9.88. The van der Waals surface area contributed by atoms with Crippen LogP contribution in [0.4, 0.5) is 5.82 Å². The van der Waals surface area contributed by atoms with Crippen LogP contribution in [0.5, 0.6) is 0 Å². The predicted octanol–water partition coefficient (Wildman–Crippen LogP) is 4.31. The molecule has 1 aliphatic rings. The van der Waals surface area contributed by atoms with E-state index >= 15 is 0 Å². The summed E-state index contributed by atoms with van der Waals surface area (Å²) in [4.78, 5) is 14.0. The van der Waals surface area contributed by atoms with Crippen molar-refractivity contribution in [1.82, 2.24) is 9.78 Å². The number of carbonyl (C=O) groups is 1. The highest BCUT2D eigenvalue weighted by atomic mass is 32.1.